The largest absolute Gasteiger partial charge is 0.309 e. The Hall–Kier alpha value is -2.64. The number of nitrogens with one attached hydrogen (secondary N) is 3. The van der Waals surface area contributed by atoms with Crippen molar-refractivity contribution < 1.29 is 9.59 Å². The Morgan fingerprint density at radius 3 is 3.04 bits per heavy atom. The van der Waals surface area contributed by atoms with Crippen LogP contribution >= 0.6 is 0 Å². The Kier molecular flexibility index (Phi) is 3.36. The van der Waals surface area contributed by atoms with Crippen molar-refractivity contribution in [2.24, 2.45) is 5.92 Å². The highest BCUT2D eigenvalue weighted by atomic mass is 16.2. The summed E-state index contributed by atoms with van der Waals surface area (Å²) in [5.74, 6) is 0.0482. The summed E-state index contributed by atoms with van der Waals surface area (Å²) in [6.45, 7) is 0.372. The van der Waals surface area contributed by atoms with Crippen molar-refractivity contribution >= 4 is 23.3 Å². The van der Waals surface area contributed by atoms with Crippen molar-refractivity contribution in [1.29, 1.82) is 0 Å². The first-order chi connectivity index (χ1) is 11.2. The Morgan fingerprint density at radius 1 is 1.35 bits per heavy atom. The van der Waals surface area contributed by atoms with E-state index in [1.165, 1.54) is 0 Å². The average Bonchev–Trinajstić information content (AvgIpc) is 3.27. The van der Waals surface area contributed by atoms with E-state index >= 15 is 0 Å². The van der Waals surface area contributed by atoms with Gasteiger partial charge in [0.25, 0.3) is 0 Å². The molecule has 1 aliphatic heterocycles. The maximum Gasteiger partial charge on any atom is 0.231 e. The summed E-state index contributed by atoms with van der Waals surface area (Å²) in [5.41, 5.74) is 2.93. The number of aromatic amines is 2. The lowest BCUT2D eigenvalue weighted by Crippen LogP contribution is -2.28. The first-order valence-corrected chi connectivity index (χ1v) is 7.88. The molecule has 2 amide bonds. The zero-order chi connectivity index (χ0) is 15.8. The van der Waals surface area contributed by atoms with Crippen LogP contribution in [0.1, 0.15) is 30.5 Å². The van der Waals surface area contributed by atoms with E-state index in [1.54, 1.807) is 17.3 Å². The molecule has 23 heavy (non-hydrogen) atoms. The van der Waals surface area contributed by atoms with Gasteiger partial charge >= 0.3 is 0 Å². The zero-order valence-corrected chi connectivity index (χ0v) is 12.6. The second kappa shape index (κ2) is 5.53. The van der Waals surface area contributed by atoms with Crippen molar-refractivity contribution in [3.63, 3.8) is 0 Å². The predicted molar refractivity (Wildman–Crippen MR) is 82.9 cm³/mol. The lowest BCUT2D eigenvalue weighted by Gasteiger charge is -2.14. The normalized spacial score (nSPS) is 20.6. The molecule has 8 heteroatoms. The molecule has 3 N–H and O–H groups in total. The number of nitrogens with zero attached hydrogens (tertiary/aromatic N) is 3. The van der Waals surface area contributed by atoms with Crippen molar-refractivity contribution in [3.8, 4) is 0 Å². The first kappa shape index (κ1) is 14.0. The lowest BCUT2D eigenvalue weighted by atomic mass is 9.97. The van der Waals surface area contributed by atoms with Crippen molar-refractivity contribution in [2.45, 2.75) is 32.1 Å². The van der Waals surface area contributed by atoms with Gasteiger partial charge in [-0.2, -0.15) is 10.2 Å². The molecule has 4 rings (SSSR count). The monoisotopic (exact) mass is 314 g/mol. The molecule has 2 aromatic rings. The predicted octanol–water partition coefficient (Wildman–Crippen LogP) is 1.00. The van der Waals surface area contributed by atoms with Crippen LogP contribution in [0, 0.1) is 5.92 Å². The smallest absolute Gasteiger partial charge is 0.231 e. The van der Waals surface area contributed by atoms with Gasteiger partial charge in [0, 0.05) is 30.4 Å². The van der Waals surface area contributed by atoms with Gasteiger partial charge in [-0.25, -0.2) is 0 Å². The first-order valence-electron chi connectivity index (χ1n) is 7.88. The minimum Gasteiger partial charge on any atom is -0.309 e. The van der Waals surface area contributed by atoms with E-state index in [0.717, 1.165) is 36.9 Å². The molecule has 2 aromatic heterocycles. The number of carbonyl (C=O) groups is 2. The number of carbonyl (C=O) groups excluding carboxylic acids is 2. The van der Waals surface area contributed by atoms with Gasteiger partial charge in [0.05, 0.1) is 17.8 Å². The molecular formula is C15H18N6O2. The Balaban J connectivity index is 1.46. The lowest BCUT2D eigenvalue weighted by molar-refractivity contribution is -0.122. The van der Waals surface area contributed by atoms with Gasteiger partial charge in [-0.05, 0) is 25.7 Å². The van der Waals surface area contributed by atoms with Gasteiger partial charge in [0.1, 0.15) is 0 Å². The fourth-order valence-corrected chi connectivity index (χ4v) is 3.33. The van der Waals surface area contributed by atoms with Crippen molar-refractivity contribution in [3.05, 3.63) is 23.7 Å². The van der Waals surface area contributed by atoms with Crippen LogP contribution in [0.25, 0.3) is 0 Å². The number of hydrogen-bond acceptors (Lipinski definition) is 4. The van der Waals surface area contributed by atoms with Crippen LogP contribution in [0.4, 0.5) is 11.5 Å². The second-order valence-corrected chi connectivity index (χ2v) is 6.09. The van der Waals surface area contributed by atoms with E-state index in [-0.39, 0.29) is 24.2 Å². The van der Waals surface area contributed by atoms with Crippen LogP contribution in [0.15, 0.2) is 12.4 Å². The highest BCUT2D eigenvalue weighted by Gasteiger charge is 2.36. The summed E-state index contributed by atoms with van der Waals surface area (Å²) in [6.07, 6.45) is 7.64. The highest BCUT2D eigenvalue weighted by Crippen LogP contribution is 2.28. The van der Waals surface area contributed by atoms with Gasteiger partial charge in [-0.1, -0.05) is 0 Å². The second-order valence-electron chi connectivity index (χ2n) is 6.09. The molecule has 1 unspecified atom stereocenters. The number of aryl methyl sites for hydroxylation is 1. The number of fused-ring (bicyclic) bond motifs is 1. The van der Waals surface area contributed by atoms with Crippen LogP contribution in [0.2, 0.25) is 0 Å². The van der Waals surface area contributed by atoms with Crippen molar-refractivity contribution in [1.82, 2.24) is 20.4 Å². The maximum atomic E-state index is 12.5. The molecule has 3 heterocycles. The average molecular weight is 314 g/mol. The third-order valence-corrected chi connectivity index (χ3v) is 4.59. The van der Waals surface area contributed by atoms with E-state index < -0.39 is 0 Å². The minimum atomic E-state index is -0.367. The van der Waals surface area contributed by atoms with E-state index in [4.69, 9.17) is 0 Å². The molecule has 0 spiro atoms. The molecule has 0 aromatic carbocycles. The van der Waals surface area contributed by atoms with Crippen LogP contribution in [-0.2, 0) is 22.4 Å². The topological polar surface area (TPSA) is 107 Å². The molecule has 1 atom stereocenters. The van der Waals surface area contributed by atoms with Crippen molar-refractivity contribution in [2.75, 3.05) is 16.8 Å². The van der Waals surface area contributed by atoms with Crippen LogP contribution < -0.4 is 10.2 Å². The summed E-state index contributed by atoms with van der Waals surface area (Å²) in [6, 6.07) is 0. The Labute approximate surface area is 132 Å². The maximum absolute atomic E-state index is 12.5. The fourth-order valence-electron chi connectivity index (χ4n) is 3.33. The Bertz CT molecular complexity index is 735. The van der Waals surface area contributed by atoms with Gasteiger partial charge in [0.2, 0.25) is 11.8 Å². The fraction of sp³-hybridized carbons (Fsp3) is 0.467. The molecule has 0 bridgehead atoms. The standard InChI is InChI=1S/C15H18N6O2/c22-13-5-9(8-21(13)10-6-16-17-7-10)15(23)18-14-11-3-1-2-4-12(11)19-20-14/h6-7,9H,1-5,8H2,(H,16,17)(H2,18,19,20,23). The van der Waals surface area contributed by atoms with Crippen LogP contribution in [-0.4, -0.2) is 38.8 Å². The van der Waals surface area contributed by atoms with E-state index in [1.807, 2.05) is 0 Å². The van der Waals surface area contributed by atoms with Gasteiger partial charge in [0.15, 0.2) is 5.82 Å². The number of rotatable bonds is 3. The number of anilines is 2. The molecule has 1 fully saturated rings. The Morgan fingerprint density at radius 2 is 2.22 bits per heavy atom. The molecule has 0 saturated carbocycles. The summed E-state index contributed by atoms with van der Waals surface area (Å²) >= 11 is 0. The van der Waals surface area contributed by atoms with E-state index in [2.05, 4.69) is 25.7 Å². The molecule has 2 aliphatic rings. The summed E-state index contributed by atoms with van der Waals surface area (Å²) in [7, 11) is 0. The van der Waals surface area contributed by atoms with E-state index in [0.29, 0.717) is 18.1 Å². The van der Waals surface area contributed by atoms with E-state index in [9.17, 15) is 9.59 Å². The van der Waals surface area contributed by atoms with Gasteiger partial charge in [-0.15, -0.1) is 0 Å². The summed E-state index contributed by atoms with van der Waals surface area (Å²) < 4.78 is 0. The SMILES string of the molecule is O=C(Nc1n[nH]c2c1CCCC2)C1CC(=O)N(c2cn[nH]c2)C1. The molecule has 8 nitrogen and oxygen atoms in total. The number of hydrogen-bond donors (Lipinski definition) is 3. The molecule has 1 saturated heterocycles. The molecule has 1 aliphatic carbocycles. The third-order valence-electron chi connectivity index (χ3n) is 4.59. The van der Waals surface area contributed by atoms with Gasteiger partial charge < -0.3 is 10.2 Å². The summed E-state index contributed by atoms with van der Waals surface area (Å²) in [5, 5.41) is 16.7. The third kappa shape index (κ3) is 2.49. The number of H-pyrrole nitrogens is 2. The minimum absolute atomic E-state index is 0.0596. The molecular weight excluding hydrogens is 296 g/mol. The number of aromatic nitrogens is 4. The zero-order valence-electron chi connectivity index (χ0n) is 12.6. The number of amides is 2. The molecule has 120 valence electrons. The quantitative estimate of drug-likeness (QED) is 0.785. The highest BCUT2D eigenvalue weighted by molar-refractivity contribution is 6.03. The summed E-state index contributed by atoms with van der Waals surface area (Å²) in [4.78, 5) is 26.2. The van der Waals surface area contributed by atoms with Crippen LogP contribution in [0.3, 0.4) is 0 Å². The van der Waals surface area contributed by atoms with Gasteiger partial charge in [-0.3, -0.25) is 19.8 Å². The molecule has 0 radical (unpaired) electrons. The van der Waals surface area contributed by atoms with Crippen LogP contribution in [0.5, 0.6) is 0 Å².